The van der Waals surface area contributed by atoms with Gasteiger partial charge >= 0.3 is 6.36 Å². The van der Waals surface area contributed by atoms with Crippen molar-refractivity contribution in [3.63, 3.8) is 0 Å². The average Bonchev–Trinajstić information content (AvgIpc) is 2.26. The van der Waals surface area contributed by atoms with E-state index in [4.69, 9.17) is 5.73 Å². The van der Waals surface area contributed by atoms with Crippen molar-refractivity contribution in [2.75, 3.05) is 0 Å². The van der Waals surface area contributed by atoms with Gasteiger partial charge in [0.05, 0.1) is 12.1 Å². The number of hydrogen-bond donors (Lipinski definition) is 2. The molecule has 1 aromatic rings. The highest BCUT2D eigenvalue weighted by Crippen LogP contribution is 2.32. The minimum absolute atomic E-state index is 0.228. The quantitative estimate of drug-likeness (QED) is 0.842. The van der Waals surface area contributed by atoms with Crippen molar-refractivity contribution in [1.82, 2.24) is 0 Å². The molecule has 114 valence electrons. The van der Waals surface area contributed by atoms with Gasteiger partial charge in [-0.2, -0.15) is 0 Å². The molecule has 3 N–H and O–H groups in total. The average molecular weight is 295 g/mol. The van der Waals surface area contributed by atoms with Crippen LogP contribution in [0, 0.1) is 11.2 Å². The lowest BCUT2D eigenvalue weighted by Gasteiger charge is -2.31. The van der Waals surface area contributed by atoms with Crippen LogP contribution in [0.1, 0.15) is 32.4 Å². The van der Waals surface area contributed by atoms with Crippen molar-refractivity contribution in [3.05, 3.63) is 29.6 Å². The molecule has 2 atom stereocenters. The molecule has 0 heterocycles. The van der Waals surface area contributed by atoms with Crippen LogP contribution >= 0.6 is 0 Å². The van der Waals surface area contributed by atoms with E-state index in [9.17, 15) is 22.7 Å². The number of aliphatic hydroxyl groups excluding tert-OH is 1. The summed E-state index contributed by atoms with van der Waals surface area (Å²) >= 11 is 0. The highest BCUT2D eigenvalue weighted by Gasteiger charge is 2.33. The highest BCUT2D eigenvalue weighted by atomic mass is 19.4. The Bertz CT molecular complexity index is 468. The molecule has 0 bridgehead atoms. The number of alkyl halides is 3. The van der Waals surface area contributed by atoms with Gasteiger partial charge in [0, 0.05) is 5.56 Å². The minimum atomic E-state index is -4.87. The summed E-state index contributed by atoms with van der Waals surface area (Å²) in [4.78, 5) is 0. The van der Waals surface area contributed by atoms with Crippen LogP contribution in [0.5, 0.6) is 5.75 Å². The summed E-state index contributed by atoms with van der Waals surface area (Å²) in [5.74, 6) is -1.37. The van der Waals surface area contributed by atoms with Crippen LogP contribution in [-0.4, -0.2) is 17.6 Å². The van der Waals surface area contributed by atoms with Crippen LogP contribution < -0.4 is 10.5 Å². The van der Waals surface area contributed by atoms with Gasteiger partial charge < -0.3 is 15.6 Å². The van der Waals surface area contributed by atoms with E-state index in [-0.39, 0.29) is 5.56 Å². The van der Waals surface area contributed by atoms with Crippen LogP contribution in [0.3, 0.4) is 0 Å². The molecule has 20 heavy (non-hydrogen) atoms. The lowest BCUT2D eigenvalue weighted by molar-refractivity contribution is -0.274. The van der Waals surface area contributed by atoms with Gasteiger partial charge in [-0.05, 0) is 23.6 Å². The van der Waals surface area contributed by atoms with E-state index >= 15 is 0 Å². The fourth-order valence-corrected chi connectivity index (χ4v) is 1.68. The number of benzene rings is 1. The molecule has 0 aromatic heterocycles. The summed E-state index contributed by atoms with van der Waals surface area (Å²) in [6, 6.07) is 1.36. The summed E-state index contributed by atoms with van der Waals surface area (Å²) in [5, 5.41) is 10.0. The molecular formula is C13H17F4NO2. The van der Waals surface area contributed by atoms with Crippen LogP contribution in [0.2, 0.25) is 0 Å². The second kappa shape index (κ2) is 5.57. The molecule has 0 fully saturated rings. The molecule has 0 spiro atoms. The van der Waals surface area contributed by atoms with E-state index < -0.39 is 35.5 Å². The molecule has 3 nitrogen and oxygen atoms in total. The lowest BCUT2D eigenvalue weighted by Crippen LogP contribution is -2.37. The number of halogens is 4. The molecule has 0 unspecified atom stereocenters. The molecule has 0 aliphatic rings. The van der Waals surface area contributed by atoms with Crippen LogP contribution in [-0.2, 0) is 0 Å². The molecule has 1 rings (SSSR count). The van der Waals surface area contributed by atoms with Crippen molar-refractivity contribution in [2.45, 2.75) is 39.3 Å². The summed E-state index contributed by atoms with van der Waals surface area (Å²) < 4.78 is 53.8. The number of hydrogen-bond acceptors (Lipinski definition) is 3. The maximum atomic E-state index is 13.7. The summed E-state index contributed by atoms with van der Waals surface area (Å²) in [6.07, 6.45) is -6.00. The number of rotatable bonds is 3. The predicted molar refractivity (Wildman–Crippen MR) is 65.5 cm³/mol. The van der Waals surface area contributed by atoms with E-state index in [1.54, 1.807) is 20.8 Å². The third-order valence-electron chi connectivity index (χ3n) is 2.79. The largest absolute Gasteiger partial charge is 0.573 e. The first-order valence-corrected chi connectivity index (χ1v) is 5.90. The van der Waals surface area contributed by atoms with Crippen molar-refractivity contribution in [3.8, 4) is 5.75 Å². The standard InChI is InChI=1S/C13H17F4NO2/c1-12(2,3)11(19)10(18)8-6-7(4-5-9(8)14)20-13(15,16)17/h4-6,10-11,19H,18H2,1-3H3/t10-,11-/m1/s1. The van der Waals surface area contributed by atoms with Crippen LogP contribution in [0.25, 0.3) is 0 Å². The smallest absolute Gasteiger partial charge is 0.406 e. The van der Waals surface area contributed by atoms with Gasteiger partial charge in [-0.15, -0.1) is 13.2 Å². The maximum absolute atomic E-state index is 13.7. The molecule has 0 saturated heterocycles. The van der Waals surface area contributed by atoms with Gasteiger partial charge in [-0.25, -0.2) is 4.39 Å². The highest BCUT2D eigenvalue weighted by molar-refractivity contribution is 5.32. The SMILES string of the molecule is CC(C)(C)[C@H](O)[C@H](N)c1cc(OC(F)(F)F)ccc1F. The first-order chi connectivity index (χ1) is 8.92. The van der Waals surface area contributed by atoms with Crippen molar-refractivity contribution >= 4 is 0 Å². The Labute approximate surface area is 114 Å². The maximum Gasteiger partial charge on any atom is 0.573 e. The number of aliphatic hydroxyl groups is 1. The van der Waals surface area contributed by atoms with Gasteiger partial charge in [0.2, 0.25) is 0 Å². The second-order valence-corrected chi connectivity index (χ2v) is 5.57. The second-order valence-electron chi connectivity index (χ2n) is 5.57. The topological polar surface area (TPSA) is 55.5 Å². The van der Waals surface area contributed by atoms with Crippen LogP contribution in [0.15, 0.2) is 18.2 Å². The van der Waals surface area contributed by atoms with Gasteiger partial charge in [0.1, 0.15) is 11.6 Å². The zero-order chi connectivity index (χ0) is 15.7. The number of ether oxygens (including phenoxy) is 1. The molecule has 0 amide bonds. The monoisotopic (exact) mass is 295 g/mol. The first kappa shape index (κ1) is 16.7. The van der Waals surface area contributed by atoms with E-state index in [2.05, 4.69) is 4.74 Å². The Hall–Kier alpha value is -1.34. The zero-order valence-corrected chi connectivity index (χ0v) is 11.3. The molecule has 0 aliphatic carbocycles. The summed E-state index contributed by atoms with van der Waals surface area (Å²) in [6.45, 7) is 5.06. The first-order valence-electron chi connectivity index (χ1n) is 5.90. The predicted octanol–water partition coefficient (Wildman–Crippen LogP) is 3.13. The third kappa shape index (κ3) is 4.35. The van der Waals surface area contributed by atoms with Crippen molar-refractivity contribution < 1.29 is 27.4 Å². The lowest BCUT2D eigenvalue weighted by atomic mass is 9.82. The van der Waals surface area contributed by atoms with E-state index in [0.29, 0.717) is 0 Å². The van der Waals surface area contributed by atoms with E-state index in [1.807, 2.05) is 0 Å². The molecule has 0 saturated carbocycles. The van der Waals surface area contributed by atoms with E-state index in [1.165, 1.54) is 0 Å². The zero-order valence-electron chi connectivity index (χ0n) is 11.3. The third-order valence-corrected chi connectivity index (χ3v) is 2.79. The number of nitrogens with two attached hydrogens (primary N) is 1. The van der Waals surface area contributed by atoms with Crippen molar-refractivity contribution in [1.29, 1.82) is 0 Å². The summed E-state index contributed by atoms with van der Waals surface area (Å²) in [5.41, 5.74) is 4.86. The Morgan fingerprint density at radius 3 is 2.20 bits per heavy atom. The van der Waals surface area contributed by atoms with Gasteiger partial charge in [0.15, 0.2) is 0 Å². The fourth-order valence-electron chi connectivity index (χ4n) is 1.68. The Balaban J connectivity index is 3.08. The van der Waals surface area contributed by atoms with Crippen LogP contribution in [0.4, 0.5) is 17.6 Å². The Morgan fingerprint density at radius 2 is 1.75 bits per heavy atom. The van der Waals surface area contributed by atoms with Gasteiger partial charge in [0.25, 0.3) is 0 Å². The van der Waals surface area contributed by atoms with E-state index in [0.717, 1.165) is 18.2 Å². The minimum Gasteiger partial charge on any atom is -0.406 e. The van der Waals surface area contributed by atoms with Gasteiger partial charge in [-0.3, -0.25) is 0 Å². The van der Waals surface area contributed by atoms with Crippen molar-refractivity contribution in [2.24, 2.45) is 11.1 Å². The Kier molecular flexibility index (Phi) is 4.66. The molecular weight excluding hydrogens is 278 g/mol. The Morgan fingerprint density at radius 1 is 1.20 bits per heavy atom. The normalized spacial score (nSPS) is 15.8. The summed E-state index contributed by atoms with van der Waals surface area (Å²) in [7, 11) is 0. The molecule has 0 aliphatic heterocycles. The fraction of sp³-hybridized carbons (Fsp3) is 0.538. The van der Waals surface area contributed by atoms with Gasteiger partial charge in [-0.1, -0.05) is 20.8 Å². The molecule has 7 heteroatoms. The molecule has 1 aromatic carbocycles. The molecule has 0 radical (unpaired) electrons.